The van der Waals surface area contributed by atoms with E-state index in [9.17, 15) is 17.6 Å². The molecule has 0 saturated carbocycles. The summed E-state index contributed by atoms with van der Waals surface area (Å²) in [7, 11) is -3.34. The molecule has 3 aromatic rings. The highest BCUT2D eigenvalue weighted by Crippen LogP contribution is 2.29. The minimum absolute atomic E-state index is 0.00651. The van der Waals surface area contributed by atoms with Crippen molar-refractivity contribution in [1.82, 2.24) is 4.98 Å². The Morgan fingerprint density at radius 1 is 1.29 bits per heavy atom. The maximum Gasteiger partial charge on any atom is 0.261 e. The SMILES string of the molecule is CS(=O)(=O)c1ccc2nc(NC(=O)c3c(F)cccc3Cl)sc2c1. The summed E-state index contributed by atoms with van der Waals surface area (Å²) in [5.74, 6) is -1.46. The van der Waals surface area contributed by atoms with Crippen molar-refractivity contribution < 1.29 is 17.6 Å². The van der Waals surface area contributed by atoms with E-state index in [1.807, 2.05) is 0 Å². The second kappa shape index (κ2) is 6.12. The van der Waals surface area contributed by atoms with Crippen LogP contribution in [0.25, 0.3) is 10.2 Å². The van der Waals surface area contributed by atoms with E-state index in [1.54, 1.807) is 6.07 Å². The average Bonchev–Trinajstić information content (AvgIpc) is 2.87. The molecule has 0 radical (unpaired) electrons. The minimum Gasteiger partial charge on any atom is -0.298 e. The molecule has 124 valence electrons. The summed E-state index contributed by atoms with van der Waals surface area (Å²) >= 11 is 6.94. The van der Waals surface area contributed by atoms with Crippen LogP contribution in [-0.2, 0) is 9.84 Å². The Morgan fingerprint density at radius 3 is 2.71 bits per heavy atom. The van der Waals surface area contributed by atoms with Crippen LogP contribution in [0.15, 0.2) is 41.3 Å². The molecule has 2 aromatic carbocycles. The monoisotopic (exact) mass is 384 g/mol. The predicted molar refractivity (Wildman–Crippen MR) is 92.1 cm³/mol. The van der Waals surface area contributed by atoms with E-state index in [1.165, 1.54) is 24.3 Å². The lowest BCUT2D eigenvalue weighted by Crippen LogP contribution is -2.14. The van der Waals surface area contributed by atoms with E-state index in [0.717, 1.165) is 23.7 Å². The van der Waals surface area contributed by atoms with Crippen molar-refractivity contribution in [2.24, 2.45) is 0 Å². The predicted octanol–water partition coefficient (Wildman–Crippen LogP) is 3.74. The molecule has 1 aromatic heterocycles. The Kier molecular flexibility index (Phi) is 4.29. The van der Waals surface area contributed by atoms with Crippen LogP contribution in [0.2, 0.25) is 5.02 Å². The van der Waals surface area contributed by atoms with Crippen LogP contribution in [0, 0.1) is 5.82 Å². The smallest absolute Gasteiger partial charge is 0.261 e. The first-order chi connectivity index (χ1) is 11.3. The highest BCUT2D eigenvalue weighted by atomic mass is 35.5. The Balaban J connectivity index is 1.95. The highest BCUT2D eigenvalue weighted by Gasteiger charge is 2.18. The molecule has 0 bridgehead atoms. The summed E-state index contributed by atoms with van der Waals surface area (Å²) in [6.45, 7) is 0. The maximum atomic E-state index is 13.8. The van der Waals surface area contributed by atoms with Crippen molar-refractivity contribution in [2.75, 3.05) is 11.6 Å². The largest absolute Gasteiger partial charge is 0.298 e. The van der Waals surface area contributed by atoms with Crippen molar-refractivity contribution in [2.45, 2.75) is 4.90 Å². The molecule has 3 rings (SSSR count). The van der Waals surface area contributed by atoms with Gasteiger partial charge in [0.05, 0.1) is 25.7 Å². The molecule has 0 aliphatic carbocycles. The van der Waals surface area contributed by atoms with Crippen LogP contribution < -0.4 is 5.32 Å². The molecule has 9 heteroatoms. The van der Waals surface area contributed by atoms with Gasteiger partial charge in [-0.25, -0.2) is 17.8 Å². The lowest BCUT2D eigenvalue weighted by molar-refractivity contribution is 0.102. The zero-order valence-corrected chi connectivity index (χ0v) is 14.6. The van der Waals surface area contributed by atoms with Crippen LogP contribution in [0.1, 0.15) is 10.4 Å². The first-order valence-electron chi connectivity index (χ1n) is 6.62. The zero-order chi connectivity index (χ0) is 17.5. The van der Waals surface area contributed by atoms with Gasteiger partial charge in [-0.1, -0.05) is 29.0 Å². The number of hydrogen-bond acceptors (Lipinski definition) is 5. The number of aromatic nitrogens is 1. The summed E-state index contributed by atoms with van der Waals surface area (Å²) < 4.78 is 37.5. The van der Waals surface area contributed by atoms with E-state index in [0.29, 0.717) is 10.2 Å². The molecule has 1 N–H and O–H groups in total. The number of rotatable bonds is 3. The third-order valence-electron chi connectivity index (χ3n) is 3.20. The third kappa shape index (κ3) is 3.26. The van der Waals surface area contributed by atoms with Crippen molar-refractivity contribution in [3.8, 4) is 0 Å². The molecule has 1 amide bonds. The molecule has 0 aliphatic rings. The van der Waals surface area contributed by atoms with Crippen LogP contribution in [0.5, 0.6) is 0 Å². The average molecular weight is 385 g/mol. The van der Waals surface area contributed by atoms with Gasteiger partial charge in [-0.05, 0) is 30.3 Å². The number of nitrogens with one attached hydrogen (secondary N) is 1. The van der Waals surface area contributed by atoms with Crippen molar-refractivity contribution in [3.63, 3.8) is 0 Å². The number of carbonyl (C=O) groups is 1. The number of nitrogens with zero attached hydrogens (tertiary/aromatic N) is 1. The number of benzene rings is 2. The van der Waals surface area contributed by atoms with E-state index in [-0.39, 0.29) is 20.6 Å². The Morgan fingerprint density at radius 2 is 2.04 bits per heavy atom. The third-order valence-corrected chi connectivity index (χ3v) is 5.56. The molecule has 0 spiro atoms. The molecule has 0 aliphatic heterocycles. The zero-order valence-electron chi connectivity index (χ0n) is 12.2. The summed E-state index contributed by atoms with van der Waals surface area (Å²) in [4.78, 5) is 16.5. The lowest BCUT2D eigenvalue weighted by Gasteiger charge is -2.04. The van der Waals surface area contributed by atoms with Crippen LogP contribution >= 0.6 is 22.9 Å². The Hall–Kier alpha value is -2.03. The molecular formula is C15H10ClFN2O3S2. The summed E-state index contributed by atoms with van der Waals surface area (Å²) in [5, 5.41) is 2.70. The van der Waals surface area contributed by atoms with Crippen LogP contribution in [0.4, 0.5) is 9.52 Å². The summed E-state index contributed by atoms with van der Waals surface area (Å²) in [6, 6.07) is 8.42. The van der Waals surface area contributed by atoms with Gasteiger partial charge in [0, 0.05) is 6.26 Å². The number of carbonyl (C=O) groups excluding carboxylic acids is 1. The number of thiazole rings is 1. The van der Waals surface area contributed by atoms with Crippen molar-refractivity contribution in [3.05, 3.63) is 52.8 Å². The van der Waals surface area contributed by atoms with Gasteiger partial charge >= 0.3 is 0 Å². The van der Waals surface area contributed by atoms with Crippen LogP contribution in [-0.4, -0.2) is 25.6 Å². The highest BCUT2D eigenvalue weighted by molar-refractivity contribution is 7.90. The van der Waals surface area contributed by atoms with Gasteiger partial charge in [0.1, 0.15) is 5.82 Å². The minimum atomic E-state index is -3.34. The summed E-state index contributed by atoms with van der Waals surface area (Å²) in [5.41, 5.74) is 0.262. The standard InChI is InChI=1S/C15H10ClFN2O3S2/c1-24(21,22)8-5-6-11-12(7-8)23-15(18-11)19-14(20)13-9(16)3-2-4-10(13)17/h2-7H,1H3,(H,18,19,20). The fourth-order valence-corrected chi connectivity index (χ4v) is 3.93. The fourth-order valence-electron chi connectivity index (χ4n) is 2.06. The van der Waals surface area contributed by atoms with Gasteiger partial charge in [0.25, 0.3) is 5.91 Å². The number of hydrogen-bond donors (Lipinski definition) is 1. The number of anilines is 1. The molecule has 0 atom stereocenters. The molecule has 0 unspecified atom stereocenters. The second-order valence-corrected chi connectivity index (χ2v) is 8.43. The Labute approximate surface area is 146 Å². The maximum absolute atomic E-state index is 13.8. The lowest BCUT2D eigenvalue weighted by atomic mass is 10.2. The first-order valence-corrected chi connectivity index (χ1v) is 9.70. The van der Waals surface area contributed by atoms with Crippen LogP contribution in [0.3, 0.4) is 0 Å². The fraction of sp³-hybridized carbons (Fsp3) is 0.0667. The number of halogens is 2. The molecule has 5 nitrogen and oxygen atoms in total. The van der Waals surface area contributed by atoms with E-state index in [4.69, 9.17) is 11.6 Å². The van der Waals surface area contributed by atoms with Gasteiger partial charge in [-0.2, -0.15) is 0 Å². The normalized spacial score (nSPS) is 11.6. The summed E-state index contributed by atoms with van der Waals surface area (Å²) in [6.07, 6.45) is 1.11. The molecule has 1 heterocycles. The number of sulfone groups is 1. The first kappa shape index (κ1) is 16.8. The number of amides is 1. The van der Waals surface area contributed by atoms with E-state index >= 15 is 0 Å². The molecule has 0 fully saturated rings. The topological polar surface area (TPSA) is 76.1 Å². The van der Waals surface area contributed by atoms with Crippen molar-refractivity contribution in [1.29, 1.82) is 0 Å². The quantitative estimate of drug-likeness (QED) is 0.746. The molecule has 0 saturated heterocycles. The van der Waals surface area contributed by atoms with Gasteiger partial charge in [0.2, 0.25) is 0 Å². The second-order valence-electron chi connectivity index (χ2n) is 4.97. The van der Waals surface area contributed by atoms with Gasteiger partial charge in [-0.3, -0.25) is 10.1 Å². The van der Waals surface area contributed by atoms with Gasteiger partial charge in [-0.15, -0.1) is 0 Å². The molecule has 24 heavy (non-hydrogen) atoms. The molecular weight excluding hydrogens is 375 g/mol. The van der Waals surface area contributed by atoms with Gasteiger partial charge in [0.15, 0.2) is 15.0 Å². The van der Waals surface area contributed by atoms with E-state index in [2.05, 4.69) is 10.3 Å². The van der Waals surface area contributed by atoms with Gasteiger partial charge < -0.3 is 0 Å². The Bertz CT molecular complexity index is 1040. The number of fused-ring (bicyclic) bond motifs is 1. The van der Waals surface area contributed by atoms with E-state index < -0.39 is 21.6 Å². The van der Waals surface area contributed by atoms with Crippen molar-refractivity contribution >= 4 is 54.0 Å².